The molecule has 52 heavy (non-hydrogen) atoms. The number of ether oxygens (including phenoxy) is 4. The Morgan fingerprint density at radius 1 is 0.692 bits per heavy atom. The van der Waals surface area contributed by atoms with Crippen LogP contribution in [-0.4, -0.2) is 70.7 Å². The van der Waals surface area contributed by atoms with Crippen molar-refractivity contribution in [2.75, 3.05) is 20.8 Å². The lowest BCUT2D eigenvalue weighted by atomic mass is 10.1. The van der Waals surface area contributed by atoms with E-state index in [1.807, 2.05) is 30.3 Å². The molecule has 1 unspecified atom stereocenters. The largest absolute Gasteiger partial charge is 0.467 e. The zero-order valence-corrected chi connectivity index (χ0v) is 33.1. The van der Waals surface area contributed by atoms with Crippen LogP contribution in [0.1, 0.15) is 37.5 Å². The fraction of sp³-hybridized carbons (Fsp3) is 0.421. The van der Waals surface area contributed by atoms with E-state index >= 15 is 0 Å². The SMILES string of the molecule is COC(=O)[C@H](Cc1ccc(P(=O)(OC)c2ccc(C[C@H](NC(=O)OCc3ccccc3)C(=O)OCC[Si](C)(C)C)cc2)cc1)NC(=O)OC(C)(C)C. The van der Waals surface area contributed by atoms with Crippen molar-refractivity contribution in [2.24, 2.45) is 0 Å². The summed E-state index contributed by atoms with van der Waals surface area (Å²) in [5, 5.41) is 6.02. The summed E-state index contributed by atoms with van der Waals surface area (Å²) in [6, 6.07) is 21.4. The molecule has 3 aromatic carbocycles. The van der Waals surface area contributed by atoms with Crippen LogP contribution in [0.15, 0.2) is 78.9 Å². The summed E-state index contributed by atoms with van der Waals surface area (Å²) in [7, 11) is -2.43. The number of esters is 2. The lowest BCUT2D eigenvalue weighted by Crippen LogP contribution is -2.45. The summed E-state index contributed by atoms with van der Waals surface area (Å²) in [5.41, 5.74) is 1.41. The number of benzene rings is 3. The molecule has 282 valence electrons. The molecule has 0 fully saturated rings. The van der Waals surface area contributed by atoms with E-state index in [0.29, 0.717) is 21.7 Å². The van der Waals surface area contributed by atoms with Crippen molar-refractivity contribution in [3.05, 3.63) is 95.6 Å². The van der Waals surface area contributed by atoms with E-state index in [1.54, 1.807) is 69.3 Å². The Morgan fingerprint density at radius 2 is 1.19 bits per heavy atom. The molecule has 0 heterocycles. The van der Waals surface area contributed by atoms with E-state index in [-0.39, 0.29) is 26.1 Å². The predicted octanol–water partition coefficient (Wildman–Crippen LogP) is 5.89. The van der Waals surface area contributed by atoms with Crippen molar-refractivity contribution in [3.8, 4) is 0 Å². The minimum Gasteiger partial charge on any atom is -0.467 e. The second kappa shape index (κ2) is 18.9. The Kier molecular flexibility index (Phi) is 15.2. The van der Waals surface area contributed by atoms with Gasteiger partial charge in [-0.05, 0) is 67.8 Å². The molecule has 3 rings (SSSR count). The number of carbonyl (C=O) groups is 4. The van der Waals surface area contributed by atoms with Gasteiger partial charge in [0, 0.05) is 38.6 Å². The molecular weight excluding hydrogens is 703 g/mol. The predicted molar refractivity (Wildman–Crippen MR) is 202 cm³/mol. The monoisotopic (exact) mass is 754 g/mol. The van der Waals surface area contributed by atoms with Gasteiger partial charge < -0.3 is 34.1 Å². The first-order valence-electron chi connectivity index (χ1n) is 17.0. The molecule has 0 aliphatic heterocycles. The number of methoxy groups -OCH3 is 1. The van der Waals surface area contributed by atoms with Crippen LogP contribution in [0.2, 0.25) is 25.7 Å². The zero-order chi connectivity index (χ0) is 38.5. The Hall–Kier alpha value is -4.45. The van der Waals surface area contributed by atoms with E-state index in [9.17, 15) is 23.7 Å². The minimum absolute atomic E-state index is 0.0425. The van der Waals surface area contributed by atoms with Crippen LogP contribution in [0.3, 0.4) is 0 Å². The van der Waals surface area contributed by atoms with E-state index in [1.165, 1.54) is 14.2 Å². The van der Waals surface area contributed by atoms with Crippen LogP contribution in [0.25, 0.3) is 0 Å². The standard InChI is InChI=1S/C38H51N2O10PSi/c1-38(2,3)50-37(44)40-32(34(41)46-4)24-27-14-18-30(19-15-27)51(45,47-5)31-20-16-28(17-21-31)25-33(35(42)48-22-23-52(6,7)8)39-36(43)49-26-29-12-10-9-11-13-29/h9-21,32-33H,22-26H2,1-8H3,(H,39,43)(H,40,44)/t32-,33-,51?/m0/s1. The van der Waals surface area contributed by atoms with Gasteiger partial charge in [-0.2, -0.15) is 0 Å². The summed E-state index contributed by atoms with van der Waals surface area (Å²) in [5.74, 6) is -1.21. The van der Waals surface area contributed by atoms with Crippen molar-refractivity contribution < 1.29 is 47.2 Å². The molecule has 0 aliphatic rings. The summed E-state index contributed by atoms with van der Waals surface area (Å²) in [6.45, 7) is 12.0. The van der Waals surface area contributed by atoms with Crippen LogP contribution < -0.4 is 21.2 Å². The fourth-order valence-corrected chi connectivity index (χ4v) is 7.45. The number of rotatable bonds is 16. The van der Waals surface area contributed by atoms with Gasteiger partial charge in [0.25, 0.3) is 7.37 Å². The minimum atomic E-state index is -3.55. The molecule has 0 saturated carbocycles. The molecule has 2 N–H and O–H groups in total. The molecule has 3 aromatic rings. The van der Waals surface area contributed by atoms with Gasteiger partial charge in [-0.25, -0.2) is 19.2 Å². The Balaban J connectivity index is 1.74. The quantitative estimate of drug-likeness (QED) is 0.0783. The van der Waals surface area contributed by atoms with E-state index in [0.717, 1.165) is 11.6 Å². The summed E-state index contributed by atoms with van der Waals surface area (Å²) < 4.78 is 40.9. The van der Waals surface area contributed by atoms with Gasteiger partial charge in [0.1, 0.15) is 24.3 Å². The van der Waals surface area contributed by atoms with Gasteiger partial charge in [-0.1, -0.05) is 74.2 Å². The molecule has 0 saturated heterocycles. The number of alkyl carbamates (subject to hydrolysis) is 2. The van der Waals surface area contributed by atoms with Crippen LogP contribution >= 0.6 is 7.37 Å². The zero-order valence-electron chi connectivity index (χ0n) is 31.2. The Bertz CT molecular complexity index is 1690. The van der Waals surface area contributed by atoms with Gasteiger partial charge >= 0.3 is 24.1 Å². The topological polar surface area (TPSA) is 156 Å². The molecule has 0 aliphatic carbocycles. The highest BCUT2D eigenvalue weighted by atomic mass is 31.2. The summed E-state index contributed by atoms with van der Waals surface area (Å²) in [4.78, 5) is 50.6. The van der Waals surface area contributed by atoms with Crippen molar-refractivity contribution in [1.29, 1.82) is 0 Å². The van der Waals surface area contributed by atoms with E-state index in [4.69, 9.17) is 23.5 Å². The number of carbonyl (C=O) groups excluding carboxylic acids is 4. The molecule has 0 radical (unpaired) electrons. The number of amides is 2. The van der Waals surface area contributed by atoms with E-state index in [2.05, 4.69) is 30.3 Å². The van der Waals surface area contributed by atoms with Crippen molar-refractivity contribution >= 4 is 50.2 Å². The van der Waals surface area contributed by atoms with Crippen molar-refractivity contribution in [3.63, 3.8) is 0 Å². The average Bonchev–Trinajstić information content (AvgIpc) is 3.09. The van der Waals surface area contributed by atoms with Crippen molar-refractivity contribution in [2.45, 2.75) is 83.6 Å². The van der Waals surface area contributed by atoms with Crippen LogP contribution in [0.5, 0.6) is 0 Å². The molecule has 0 spiro atoms. The third kappa shape index (κ3) is 13.6. The van der Waals surface area contributed by atoms with Gasteiger partial charge in [0.05, 0.1) is 13.7 Å². The molecule has 12 nitrogen and oxygen atoms in total. The Morgan fingerprint density at radius 3 is 1.65 bits per heavy atom. The third-order valence-electron chi connectivity index (χ3n) is 7.75. The summed E-state index contributed by atoms with van der Waals surface area (Å²) >= 11 is 0. The fourth-order valence-electron chi connectivity index (χ4n) is 4.93. The maximum absolute atomic E-state index is 14.2. The lowest BCUT2D eigenvalue weighted by molar-refractivity contribution is -0.145. The maximum Gasteiger partial charge on any atom is 0.408 e. The molecule has 2 amide bonds. The first kappa shape index (κ1) is 42.0. The van der Waals surface area contributed by atoms with Gasteiger partial charge in [-0.3, -0.25) is 4.57 Å². The maximum atomic E-state index is 14.2. The smallest absolute Gasteiger partial charge is 0.408 e. The average molecular weight is 755 g/mol. The summed E-state index contributed by atoms with van der Waals surface area (Å²) in [6.07, 6.45) is -1.29. The van der Waals surface area contributed by atoms with Crippen LogP contribution in [-0.2, 0) is 57.1 Å². The highest BCUT2D eigenvalue weighted by Gasteiger charge is 2.30. The second-order valence-corrected chi connectivity index (χ2v) is 22.6. The molecule has 14 heteroatoms. The molecular formula is C38H51N2O10PSi. The normalized spacial score (nSPS) is 13.8. The molecule has 3 atom stereocenters. The van der Waals surface area contributed by atoms with Crippen molar-refractivity contribution in [1.82, 2.24) is 10.6 Å². The second-order valence-electron chi connectivity index (χ2n) is 14.4. The number of nitrogens with one attached hydrogen (secondary N) is 2. The van der Waals surface area contributed by atoms with E-state index < -0.39 is 57.3 Å². The number of hydrogen-bond donors (Lipinski definition) is 2. The van der Waals surface area contributed by atoms with Gasteiger partial charge in [0.2, 0.25) is 0 Å². The first-order valence-corrected chi connectivity index (χ1v) is 22.3. The lowest BCUT2D eigenvalue weighted by Gasteiger charge is -2.23. The van der Waals surface area contributed by atoms with Crippen LogP contribution in [0, 0.1) is 0 Å². The molecule has 0 aromatic heterocycles. The third-order valence-corrected chi connectivity index (χ3v) is 11.9. The Labute approximate surface area is 307 Å². The van der Waals surface area contributed by atoms with Gasteiger partial charge in [-0.15, -0.1) is 0 Å². The highest BCUT2D eigenvalue weighted by molar-refractivity contribution is 7.74. The first-order chi connectivity index (χ1) is 24.4. The molecule has 0 bridgehead atoms. The number of hydrogen-bond acceptors (Lipinski definition) is 10. The highest BCUT2D eigenvalue weighted by Crippen LogP contribution is 2.43. The van der Waals surface area contributed by atoms with Crippen LogP contribution in [0.4, 0.5) is 9.59 Å². The van der Waals surface area contributed by atoms with Gasteiger partial charge in [0.15, 0.2) is 0 Å².